The average Bonchev–Trinajstić information content (AvgIpc) is 2.66. The summed E-state index contributed by atoms with van der Waals surface area (Å²) >= 11 is 0. The summed E-state index contributed by atoms with van der Waals surface area (Å²) in [6.07, 6.45) is 1.98. The summed E-state index contributed by atoms with van der Waals surface area (Å²) in [6, 6.07) is 15.3. The highest BCUT2D eigenvalue weighted by molar-refractivity contribution is 7.92. The van der Waals surface area contributed by atoms with Crippen LogP contribution in [-0.2, 0) is 16.4 Å². The Morgan fingerprint density at radius 3 is 2.54 bits per heavy atom. The summed E-state index contributed by atoms with van der Waals surface area (Å²) in [5, 5.41) is 3.10. The van der Waals surface area contributed by atoms with Crippen molar-refractivity contribution in [1.29, 1.82) is 0 Å². The van der Waals surface area contributed by atoms with E-state index in [0.29, 0.717) is 35.6 Å². The molecule has 1 aromatic heterocycles. The van der Waals surface area contributed by atoms with Gasteiger partial charge in [0.2, 0.25) is 0 Å². The molecule has 0 spiro atoms. The summed E-state index contributed by atoms with van der Waals surface area (Å²) in [5.41, 5.74) is 2.56. The monoisotopic (exact) mass is 399 g/mol. The fraction of sp³-hybridized carbons (Fsp3) is 0.190. The lowest BCUT2D eigenvalue weighted by Gasteiger charge is -2.12. The molecule has 146 valence electrons. The second-order valence-electron chi connectivity index (χ2n) is 6.57. The molecule has 3 rings (SSSR count). The van der Waals surface area contributed by atoms with Gasteiger partial charge in [0.1, 0.15) is 11.6 Å². The van der Waals surface area contributed by atoms with Crippen molar-refractivity contribution in [1.82, 2.24) is 4.98 Å². The molecule has 0 bridgehead atoms. The van der Waals surface area contributed by atoms with Gasteiger partial charge in [0.05, 0.1) is 16.8 Å². The number of hydrogen-bond acceptors (Lipinski definition) is 4. The van der Waals surface area contributed by atoms with Crippen LogP contribution in [0, 0.1) is 19.7 Å². The number of benzene rings is 2. The van der Waals surface area contributed by atoms with Crippen LogP contribution in [0.2, 0.25) is 0 Å². The molecule has 2 N–H and O–H groups in total. The lowest BCUT2D eigenvalue weighted by Crippen LogP contribution is -2.15. The molecule has 0 unspecified atom stereocenters. The van der Waals surface area contributed by atoms with Gasteiger partial charge in [-0.1, -0.05) is 30.3 Å². The van der Waals surface area contributed by atoms with Crippen LogP contribution in [0.25, 0.3) is 0 Å². The van der Waals surface area contributed by atoms with Crippen molar-refractivity contribution < 1.29 is 12.8 Å². The molecular formula is C21H22FN3O2S. The second kappa shape index (κ2) is 8.39. The molecule has 0 radical (unpaired) electrons. The third kappa shape index (κ3) is 4.86. The van der Waals surface area contributed by atoms with E-state index in [1.165, 1.54) is 12.3 Å². The molecule has 0 saturated heterocycles. The SMILES string of the molecule is Cc1ccc(C)c(S(=O)(=O)Nc2ccc(NCCc3ccccc3F)nc2)c1. The predicted octanol–water partition coefficient (Wildman–Crippen LogP) is 4.29. The summed E-state index contributed by atoms with van der Waals surface area (Å²) in [5.74, 6) is 0.361. The molecule has 28 heavy (non-hydrogen) atoms. The number of nitrogens with zero attached hydrogens (tertiary/aromatic N) is 1. The fourth-order valence-electron chi connectivity index (χ4n) is 2.79. The van der Waals surface area contributed by atoms with E-state index in [4.69, 9.17) is 0 Å². The minimum absolute atomic E-state index is 0.228. The molecule has 0 aliphatic rings. The number of rotatable bonds is 7. The average molecular weight is 399 g/mol. The van der Waals surface area contributed by atoms with E-state index in [-0.39, 0.29) is 10.7 Å². The van der Waals surface area contributed by atoms with Crippen molar-refractivity contribution in [3.63, 3.8) is 0 Å². The first kappa shape index (κ1) is 19.8. The Bertz CT molecular complexity index is 1070. The van der Waals surface area contributed by atoms with Gasteiger partial charge >= 0.3 is 0 Å². The summed E-state index contributed by atoms with van der Waals surface area (Å²) in [6.45, 7) is 4.12. The van der Waals surface area contributed by atoms with Crippen LogP contribution in [0.15, 0.2) is 65.7 Å². The third-order valence-corrected chi connectivity index (χ3v) is 5.83. The van der Waals surface area contributed by atoms with Gasteiger partial charge in [0.15, 0.2) is 0 Å². The topological polar surface area (TPSA) is 71.1 Å². The van der Waals surface area contributed by atoms with Gasteiger partial charge in [0, 0.05) is 6.54 Å². The Hall–Kier alpha value is -2.93. The first-order valence-electron chi connectivity index (χ1n) is 8.88. The lowest BCUT2D eigenvalue weighted by atomic mass is 10.1. The Kier molecular flexibility index (Phi) is 5.94. The summed E-state index contributed by atoms with van der Waals surface area (Å²) < 4.78 is 41.4. The van der Waals surface area contributed by atoms with Crippen molar-refractivity contribution in [3.05, 3.63) is 83.3 Å². The Balaban J connectivity index is 1.62. The largest absolute Gasteiger partial charge is 0.370 e. The number of pyridine rings is 1. The number of aryl methyl sites for hydroxylation is 2. The van der Waals surface area contributed by atoms with Crippen molar-refractivity contribution in [2.75, 3.05) is 16.6 Å². The zero-order valence-corrected chi connectivity index (χ0v) is 16.6. The van der Waals surface area contributed by atoms with Crippen LogP contribution in [0.5, 0.6) is 0 Å². The van der Waals surface area contributed by atoms with E-state index in [1.807, 2.05) is 13.0 Å². The summed E-state index contributed by atoms with van der Waals surface area (Å²) in [7, 11) is -3.69. The molecular weight excluding hydrogens is 377 g/mol. The quantitative estimate of drug-likeness (QED) is 0.622. The van der Waals surface area contributed by atoms with Crippen molar-refractivity contribution >= 4 is 21.5 Å². The molecule has 7 heteroatoms. The number of anilines is 2. The maximum Gasteiger partial charge on any atom is 0.262 e. The van der Waals surface area contributed by atoms with E-state index in [1.54, 1.807) is 49.4 Å². The number of aromatic nitrogens is 1. The van der Waals surface area contributed by atoms with E-state index in [2.05, 4.69) is 15.0 Å². The van der Waals surface area contributed by atoms with Gasteiger partial charge in [0.25, 0.3) is 10.0 Å². The molecule has 0 atom stereocenters. The first-order valence-corrected chi connectivity index (χ1v) is 10.4. The van der Waals surface area contributed by atoms with Crippen molar-refractivity contribution in [2.24, 2.45) is 0 Å². The Labute approximate surface area is 164 Å². The van der Waals surface area contributed by atoms with E-state index in [9.17, 15) is 12.8 Å². The van der Waals surface area contributed by atoms with Crippen LogP contribution in [0.4, 0.5) is 15.9 Å². The Morgan fingerprint density at radius 1 is 1.04 bits per heavy atom. The molecule has 3 aromatic rings. The zero-order chi connectivity index (χ0) is 20.1. The highest BCUT2D eigenvalue weighted by atomic mass is 32.2. The number of hydrogen-bond donors (Lipinski definition) is 2. The van der Waals surface area contributed by atoms with E-state index in [0.717, 1.165) is 5.56 Å². The van der Waals surface area contributed by atoms with E-state index >= 15 is 0 Å². The van der Waals surface area contributed by atoms with Gasteiger partial charge < -0.3 is 5.32 Å². The van der Waals surface area contributed by atoms with Crippen LogP contribution in [-0.4, -0.2) is 19.9 Å². The second-order valence-corrected chi connectivity index (χ2v) is 8.23. The van der Waals surface area contributed by atoms with Gasteiger partial charge in [-0.05, 0) is 61.2 Å². The van der Waals surface area contributed by atoms with Crippen LogP contribution < -0.4 is 10.0 Å². The number of halogens is 1. The smallest absolute Gasteiger partial charge is 0.262 e. The maximum atomic E-state index is 13.6. The number of nitrogens with one attached hydrogen (secondary N) is 2. The maximum absolute atomic E-state index is 13.6. The molecule has 0 aliphatic heterocycles. The summed E-state index contributed by atoms with van der Waals surface area (Å²) in [4.78, 5) is 4.47. The number of sulfonamides is 1. The van der Waals surface area contributed by atoms with E-state index < -0.39 is 10.0 Å². The molecule has 0 saturated carbocycles. The molecule has 0 amide bonds. The zero-order valence-electron chi connectivity index (χ0n) is 15.7. The highest BCUT2D eigenvalue weighted by Crippen LogP contribution is 2.21. The van der Waals surface area contributed by atoms with Crippen LogP contribution >= 0.6 is 0 Å². The van der Waals surface area contributed by atoms with Gasteiger partial charge in [-0.2, -0.15) is 0 Å². The van der Waals surface area contributed by atoms with Crippen LogP contribution in [0.1, 0.15) is 16.7 Å². The van der Waals surface area contributed by atoms with Gasteiger partial charge in [-0.15, -0.1) is 0 Å². The normalized spacial score (nSPS) is 11.2. The van der Waals surface area contributed by atoms with Crippen molar-refractivity contribution in [2.45, 2.75) is 25.2 Å². The molecule has 2 aromatic carbocycles. The minimum Gasteiger partial charge on any atom is -0.370 e. The van der Waals surface area contributed by atoms with Gasteiger partial charge in [-0.25, -0.2) is 17.8 Å². The predicted molar refractivity (Wildman–Crippen MR) is 110 cm³/mol. The van der Waals surface area contributed by atoms with Gasteiger partial charge in [-0.3, -0.25) is 4.72 Å². The minimum atomic E-state index is -3.69. The lowest BCUT2D eigenvalue weighted by molar-refractivity contribution is 0.600. The molecule has 1 heterocycles. The first-order chi connectivity index (χ1) is 13.3. The Morgan fingerprint density at radius 2 is 1.82 bits per heavy atom. The van der Waals surface area contributed by atoms with Crippen molar-refractivity contribution in [3.8, 4) is 0 Å². The third-order valence-electron chi connectivity index (χ3n) is 4.31. The highest BCUT2D eigenvalue weighted by Gasteiger charge is 2.17. The molecule has 0 aliphatic carbocycles. The molecule has 5 nitrogen and oxygen atoms in total. The van der Waals surface area contributed by atoms with Crippen LogP contribution in [0.3, 0.4) is 0 Å². The standard InChI is InChI=1S/C21H22FN3O2S/c1-15-7-8-16(2)20(13-15)28(26,27)25-18-9-10-21(24-14-18)23-12-11-17-5-3-4-6-19(17)22/h3-10,13-14,25H,11-12H2,1-2H3,(H,23,24). The molecule has 0 fully saturated rings. The fourth-order valence-corrected chi connectivity index (χ4v) is 4.17.